The van der Waals surface area contributed by atoms with Gasteiger partial charge in [0.25, 0.3) is 0 Å². The Morgan fingerprint density at radius 1 is 1.29 bits per heavy atom. The van der Waals surface area contributed by atoms with E-state index in [0.29, 0.717) is 12.0 Å². The van der Waals surface area contributed by atoms with E-state index in [1.54, 1.807) is 12.1 Å². The molecule has 0 aliphatic carbocycles. The number of ketones is 1. The number of Topliss-reactive ketones (excluding diaryl/α,β-unsaturated/α-hetero) is 1. The summed E-state index contributed by atoms with van der Waals surface area (Å²) < 4.78 is 12.8. The number of carbonyl (C=O) groups excluding carboxylic acids is 1. The summed E-state index contributed by atoms with van der Waals surface area (Å²) in [5.74, 6) is 0.602. The summed E-state index contributed by atoms with van der Waals surface area (Å²) in [7, 11) is 0. The highest BCUT2D eigenvalue weighted by molar-refractivity contribution is 5.95. The molecular weight excluding hydrogens is 265 g/mol. The van der Waals surface area contributed by atoms with Gasteiger partial charge in [-0.2, -0.15) is 0 Å². The minimum Gasteiger partial charge on any atom is -0.303 e. The predicted molar refractivity (Wildman–Crippen MR) is 83.9 cm³/mol. The van der Waals surface area contributed by atoms with Crippen molar-refractivity contribution < 1.29 is 9.18 Å². The molecular formula is C18H24FNO. The molecule has 0 atom stereocenters. The molecule has 0 aromatic heterocycles. The number of likely N-dealkylation sites (tertiary alicyclic amines) is 1. The molecule has 1 aliphatic heterocycles. The van der Waals surface area contributed by atoms with Gasteiger partial charge in [0.05, 0.1) is 0 Å². The third kappa shape index (κ3) is 5.09. The molecule has 21 heavy (non-hydrogen) atoms. The third-order valence-electron chi connectivity index (χ3n) is 4.25. The Balaban J connectivity index is 1.67. The Hall–Kier alpha value is -1.48. The van der Waals surface area contributed by atoms with Crippen molar-refractivity contribution in [3.63, 3.8) is 0 Å². The number of nitrogens with zero attached hydrogens (tertiary/aromatic N) is 1. The molecule has 1 fully saturated rings. The highest BCUT2D eigenvalue weighted by Crippen LogP contribution is 2.21. The molecule has 1 aromatic carbocycles. The fourth-order valence-electron chi connectivity index (χ4n) is 2.92. The molecule has 0 radical (unpaired) electrons. The Kier molecular flexibility index (Phi) is 6.12. The second-order valence-electron chi connectivity index (χ2n) is 5.84. The third-order valence-corrected chi connectivity index (χ3v) is 4.25. The Morgan fingerprint density at radius 2 is 1.95 bits per heavy atom. The first-order valence-corrected chi connectivity index (χ1v) is 7.81. The van der Waals surface area contributed by atoms with Crippen molar-refractivity contribution in [2.24, 2.45) is 5.92 Å². The fraction of sp³-hybridized carbons (Fsp3) is 0.500. The van der Waals surface area contributed by atoms with E-state index < -0.39 is 0 Å². The predicted octanol–water partition coefficient (Wildman–Crippen LogP) is 4.08. The van der Waals surface area contributed by atoms with Crippen LogP contribution in [0.3, 0.4) is 0 Å². The molecule has 0 spiro atoms. The maximum Gasteiger partial charge on any atom is 0.162 e. The van der Waals surface area contributed by atoms with Gasteiger partial charge in [0.2, 0.25) is 0 Å². The van der Waals surface area contributed by atoms with Crippen molar-refractivity contribution in [1.29, 1.82) is 0 Å². The van der Waals surface area contributed by atoms with Crippen molar-refractivity contribution in [3.8, 4) is 0 Å². The van der Waals surface area contributed by atoms with Gasteiger partial charge in [0.1, 0.15) is 5.82 Å². The molecule has 0 N–H and O–H groups in total. The molecule has 1 heterocycles. The molecule has 1 aliphatic rings. The average molecular weight is 289 g/mol. The van der Waals surface area contributed by atoms with E-state index >= 15 is 0 Å². The molecule has 1 saturated heterocycles. The van der Waals surface area contributed by atoms with Crippen molar-refractivity contribution in [2.75, 3.05) is 19.6 Å². The van der Waals surface area contributed by atoms with Crippen LogP contribution < -0.4 is 0 Å². The first-order chi connectivity index (χ1) is 10.2. The number of allylic oxidation sites excluding steroid dienone is 1. The topological polar surface area (TPSA) is 20.3 Å². The minimum absolute atomic E-state index is 0.108. The van der Waals surface area contributed by atoms with Gasteiger partial charge in [-0.25, -0.2) is 4.39 Å². The van der Waals surface area contributed by atoms with Gasteiger partial charge in [-0.15, -0.1) is 6.58 Å². The summed E-state index contributed by atoms with van der Waals surface area (Å²) in [6.07, 6.45) is 7.02. The summed E-state index contributed by atoms with van der Waals surface area (Å²) in [5.41, 5.74) is 0.612. The Bertz CT molecular complexity index is 461. The largest absolute Gasteiger partial charge is 0.303 e. The van der Waals surface area contributed by atoms with Crippen LogP contribution in [-0.4, -0.2) is 30.3 Å². The molecule has 0 bridgehead atoms. The van der Waals surface area contributed by atoms with Crippen LogP contribution >= 0.6 is 0 Å². The second-order valence-corrected chi connectivity index (χ2v) is 5.84. The molecule has 3 heteroatoms. The van der Waals surface area contributed by atoms with Crippen LogP contribution in [0.4, 0.5) is 4.39 Å². The molecule has 0 unspecified atom stereocenters. The quantitative estimate of drug-likeness (QED) is 0.557. The summed E-state index contributed by atoms with van der Waals surface area (Å²) in [5, 5.41) is 0. The average Bonchev–Trinajstić information content (AvgIpc) is 2.50. The lowest BCUT2D eigenvalue weighted by molar-refractivity contribution is 0.0970. The summed E-state index contributed by atoms with van der Waals surface area (Å²) in [6.45, 7) is 7.04. The van der Waals surface area contributed by atoms with Gasteiger partial charge in [-0.3, -0.25) is 4.79 Å². The summed E-state index contributed by atoms with van der Waals surface area (Å²) >= 11 is 0. The van der Waals surface area contributed by atoms with Crippen molar-refractivity contribution in [3.05, 3.63) is 48.3 Å². The van der Waals surface area contributed by atoms with Crippen molar-refractivity contribution >= 4 is 5.78 Å². The minimum atomic E-state index is -0.297. The first kappa shape index (κ1) is 15.9. The van der Waals surface area contributed by atoms with E-state index in [-0.39, 0.29) is 11.6 Å². The van der Waals surface area contributed by atoms with Gasteiger partial charge < -0.3 is 4.90 Å². The number of hydrogen-bond acceptors (Lipinski definition) is 2. The van der Waals surface area contributed by atoms with Crippen LogP contribution in [0, 0.1) is 11.7 Å². The van der Waals surface area contributed by atoms with E-state index in [0.717, 1.165) is 38.4 Å². The molecule has 2 rings (SSSR count). The zero-order chi connectivity index (χ0) is 15.1. The number of rotatable bonds is 7. The van der Waals surface area contributed by atoms with E-state index in [1.165, 1.54) is 25.0 Å². The lowest BCUT2D eigenvalue weighted by Crippen LogP contribution is -2.34. The zero-order valence-corrected chi connectivity index (χ0v) is 12.6. The highest BCUT2D eigenvalue weighted by Gasteiger charge is 2.17. The maximum atomic E-state index is 12.8. The molecule has 1 aromatic rings. The Labute approximate surface area is 126 Å². The van der Waals surface area contributed by atoms with Crippen LogP contribution in [0.2, 0.25) is 0 Å². The van der Waals surface area contributed by atoms with Crippen LogP contribution in [0.5, 0.6) is 0 Å². The van der Waals surface area contributed by atoms with Crippen LogP contribution in [0.25, 0.3) is 0 Å². The molecule has 0 saturated carbocycles. The standard InChI is InChI=1S/C18H24FNO/c1-2-4-15-10-13-20(14-11-15)12-3-5-18(21)16-6-8-17(19)9-7-16/h2,6-9,15H,1,3-5,10-14H2. The summed E-state index contributed by atoms with van der Waals surface area (Å²) in [4.78, 5) is 14.4. The SMILES string of the molecule is C=CCC1CCN(CCCC(=O)c2ccc(F)cc2)CC1. The van der Waals surface area contributed by atoms with Crippen molar-refractivity contribution in [2.45, 2.75) is 32.1 Å². The maximum absolute atomic E-state index is 12.8. The van der Waals surface area contributed by atoms with Gasteiger partial charge >= 0.3 is 0 Å². The number of piperidine rings is 1. The zero-order valence-electron chi connectivity index (χ0n) is 12.6. The molecule has 114 valence electrons. The van der Waals surface area contributed by atoms with Gasteiger partial charge in [0.15, 0.2) is 5.78 Å². The van der Waals surface area contributed by atoms with E-state index in [2.05, 4.69) is 11.5 Å². The highest BCUT2D eigenvalue weighted by atomic mass is 19.1. The number of benzene rings is 1. The van der Waals surface area contributed by atoms with E-state index in [1.807, 2.05) is 6.08 Å². The molecule has 0 amide bonds. The van der Waals surface area contributed by atoms with E-state index in [4.69, 9.17) is 0 Å². The normalized spacial score (nSPS) is 16.8. The van der Waals surface area contributed by atoms with Crippen LogP contribution in [0.1, 0.15) is 42.5 Å². The van der Waals surface area contributed by atoms with Crippen molar-refractivity contribution in [1.82, 2.24) is 4.90 Å². The first-order valence-electron chi connectivity index (χ1n) is 7.81. The monoisotopic (exact) mass is 289 g/mol. The van der Waals surface area contributed by atoms with E-state index in [9.17, 15) is 9.18 Å². The van der Waals surface area contributed by atoms with Gasteiger partial charge in [0, 0.05) is 12.0 Å². The molecule has 2 nitrogen and oxygen atoms in total. The number of carbonyl (C=O) groups is 1. The smallest absolute Gasteiger partial charge is 0.162 e. The fourth-order valence-corrected chi connectivity index (χ4v) is 2.92. The van der Waals surface area contributed by atoms with Crippen LogP contribution in [-0.2, 0) is 0 Å². The Morgan fingerprint density at radius 3 is 2.57 bits per heavy atom. The lowest BCUT2D eigenvalue weighted by atomic mass is 9.93. The summed E-state index contributed by atoms with van der Waals surface area (Å²) in [6, 6.07) is 5.83. The van der Waals surface area contributed by atoms with Gasteiger partial charge in [-0.1, -0.05) is 6.08 Å². The number of halogens is 1. The second kappa shape index (κ2) is 8.08. The lowest BCUT2D eigenvalue weighted by Gasteiger charge is -2.31. The number of hydrogen-bond donors (Lipinski definition) is 0. The van der Waals surface area contributed by atoms with Crippen LogP contribution in [0.15, 0.2) is 36.9 Å². The van der Waals surface area contributed by atoms with Gasteiger partial charge in [-0.05, 0) is 75.5 Å².